The van der Waals surface area contributed by atoms with Crippen molar-refractivity contribution in [3.8, 4) is 0 Å². The molecule has 0 radical (unpaired) electrons. The normalized spacial score (nSPS) is 12.9. The number of aliphatic hydroxyl groups excluding tert-OH is 1. The maximum Gasteiger partial charge on any atom is 0.102 e. The zero-order valence-corrected chi connectivity index (χ0v) is 12.5. The Hall–Kier alpha value is -0.900. The average Bonchev–Trinajstić information content (AvgIpc) is 2.31. The van der Waals surface area contributed by atoms with Gasteiger partial charge in [-0.15, -0.1) is 0 Å². The lowest BCUT2D eigenvalue weighted by atomic mass is 10.0. The van der Waals surface area contributed by atoms with Gasteiger partial charge in [-0.2, -0.15) is 0 Å². The van der Waals surface area contributed by atoms with E-state index in [0.29, 0.717) is 25.7 Å². The lowest BCUT2D eigenvalue weighted by Gasteiger charge is -2.13. The van der Waals surface area contributed by atoms with Gasteiger partial charge >= 0.3 is 0 Å². The fraction of sp³-hybridized carbons (Fsp3) is 0.625. The minimum atomic E-state index is -0.566. The van der Waals surface area contributed by atoms with Crippen LogP contribution in [0.25, 0.3) is 0 Å². The Morgan fingerprint density at radius 2 is 1.47 bits per heavy atom. The molecule has 1 aromatic carbocycles. The second-order valence-electron chi connectivity index (χ2n) is 5.48. The maximum atomic E-state index is 10.0. The van der Waals surface area contributed by atoms with Crippen LogP contribution in [-0.4, -0.2) is 31.5 Å². The molecule has 19 heavy (non-hydrogen) atoms. The van der Waals surface area contributed by atoms with Crippen molar-refractivity contribution in [2.75, 3.05) is 26.4 Å². The Bertz CT molecular complexity index is 354. The van der Waals surface area contributed by atoms with Crippen LogP contribution in [0.5, 0.6) is 0 Å². The monoisotopic (exact) mass is 266 g/mol. The molecule has 1 aromatic rings. The van der Waals surface area contributed by atoms with Crippen molar-refractivity contribution in [1.82, 2.24) is 0 Å². The quantitative estimate of drug-likeness (QED) is 0.735. The summed E-state index contributed by atoms with van der Waals surface area (Å²) in [4.78, 5) is 0. The molecule has 1 unspecified atom stereocenters. The van der Waals surface area contributed by atoms with Crippen LogP contribution in [0.15, 0.2) is 18.2 Å². The van der Waals surface area contributed by atoms with Gasteiger partial charge in [-0.05, 0) is 25.3 Å². The molecule has 0 aliphatic rings. The summed E-state index contributed by atoms with van der Waals surface area (Å²) in [6.07, 6.45) is -0.566. The zero-order valence-electron chi connectivity index (χ0n) is 12.5. The number of hydrogen-bond donors (Lipinski definition) is 1. The van der Waals surface area contributed by atoms with Crippen LogP contribution in [0.3, 0.4) is 0 Å². The number of aryl methyl sites for hydroxylation is 2. The van der Waals surface area contributed by atoms with Crippen molar-refractivity contribution in [3.05, 3.63) is 34.9 Å². The molecule has 0 saturated carbocycles. The van der Waals surface area contributed by atoms with Crippen LogP contribution < -0.4 is 0 Å². The number of hydrogen-bond acceptors (Lipinski definition) is 3. The third kappa shape index (κ3) is 6.71. The Morgan fingerprint density at radius 1 is 0.947 bits per heavy atom. The number of benzene rings is 1. The van der Waals surface area contributed by atoms with Crippen LogP contribution in [0.4, 0.5) is 0 Å². The second kappa shape index (κ2) is 8.31. The predicted octanol–water partition coefficient (Wildman–Crippen LogP) is 3.03. The molecule has 3 heteroatoms. The van der Waals surface area contributed by atoms with Gasteiger partial charge < -0.3 is 14.6 Å². The molecule has 0 bridgehead atoms. The van der Waals surface area contributed by atoms with Crippen molar-refractivity contribution < 1.29 is 14.6 Å². The van der Waals surface area contributed by atoms with Gasteiger partial charge in [0.15, 0.2) is 0 Å². The molecule has 1 N–H and O–H groups in total. The first kappa shape index (κ1) is 16.2. The molecule has 0 aromatic heterocycles. The molecule has 1 rings (SSSR count). The molecule has 0 aliphatic carbocycles. The summed E-state index contributed by atoms with van der Waals surface area (Å²) in [5.74, 6) is 0.542. The molecule has 0 aliphatic heterocycles. The van der Waals surface area contributed by atoms with E-state index in [9.17, 15) is 5.11 Å². The van der Waals surface area contributed by atoms with E-state index in [1.165, 1.54) is 0 Å². The molecule has 0 saturated heterocycles. The molecular weight excluding hydrogens is 240 g/mol. The third-order valence-corrected chi connectivity index (χ3v) is 2.73. The van der Waals surface area contributed by atoms with Gasteiger partial charge in [-0.3, -0.25) is 0 Å². The summed E-state index contributed by atoms with van der Waals surface area (Å²) in [7, 11) is 0. The topological polar surface area (TPSA) is 38.7 Å². The minimum Gasteiger partial charge on any atom is -0.386 e. The van der Waals surface area contributed by atoms with E-state index in [0.717, 1.165) is 23.3 Å². The van der Waals surface area contributed by atoms with Crippen molar-refractivity contribution in [1.29, 1.82) is 0 Å². The number of ether oxygens (including phenoxy) is 2. The fourth-order valence-electron chi connectivity index (χ4n) is 1.93. The molecule has 0 amide bonds. The third-order valence-electron chi connectivity index (χ3n) is 2.73. The van der Waals surface area contributed by atoms with Crippen LogP contribution in [0.2, 0.25) is 0 Å². The first-order valence-corrected chi connectivity index (χ1v) is 6.90. The SMILES string of the molecule is Cc1cc(C)cc(C(O)COCCOCC(C)C)c1. The van der Waals surface area contributed by atoms with Gasteiger partial charge in [0.25, 0.3) is 0 Å². The van der Waals surface area contributed by atoms with E-state index in [1.54, 1.807) is 0 Å². The Labute approximate surface area is 116 Å². The van der Waals surface area contributed by atoms with E-state index < -0.39 is 6.10 Å². The number of rotatable bonds is 8. The minimum absolute atomic E-state index is 0.313. The molecule has 108 valence electrons. The first-order valence-electron chi connectivity index (χ1n) is 6.90. The Kier molecular flexibility index (Phi) is 7.06. The van der Waals surface area contributed by atoms with Gasteiger partial charge in [0, 0.05) is 6.61 Å². The van der Waals surface area contributed by atoms with Crippen molar-refractivity contribution in [2.24, 2.45) is 5.92 Å². The molecule has 0 fully saturated rings. The molecule has 1 atom stereocenters. The van der Waals surface area contributed by atoms with E-state index in [1.807, 2.05) is 26.0 Å². The van der Waals surface area contributed by atoms with Crippen molar-refractivity contribution in [2.45, 2.75) is 33.8 Å². The second-order valence-corrected chi connectivity index (χ2v) is 5.48. The van der Waals surface area contributed by atoms with E-state index in [4.69, 9.17) is 9.47 Å². The fourth-order valence-corrected chi connectivity index (χ4v) is 1.93. The zero-order chi connectivity index (χ0) is 14.3. The van der Waals surface area contributed by atoms with Gasteiger partial charge in [0.05, 0.1) is 19.8 Å². The van der Waals surface area contributed by atoms with Gasteiger partial charge in [0.1, 0.15) is 6.10 Å². The standard InChI is InChI=1S/C16H26O3/c1-12(2)10-18-5-6-19-11-16(17)15-8-13(3)7-14(4)9-15/h7-9,12,16-17H,5-6,10-11H2,1-4H3. The predicted molar refractivity (Wildman–Crippen MR) is 77.4 cm³/mol. The van der Waals surface area contributed by atoms with Crippen LogP contribution in [0, 0.1) is 19.8 Å². The largest absolute Gasteiger partial charge is 0.386 e. The van der Waals surface area contributed by atoms with E-state index in [-0.39, 0.29) is 0 Å². The van der Waals surface area contributed by atoms with Gasteiger partial charge in [-0.25, -0.2) is 0 Å². The molecule has 0 heterocycles. The van der Waals surface area contributed by atoms with Crippen LogP contribution in [0.1, 0.15) is 36.6 Å². The molecular formula is C16H26O3. The lowest BCUT2D eigenvalue weighted by molar-refractivity contribution is -0.00124. The summed E-state index contributed by atoms with van der Waals surface area (Å²) in [5.41, 5.74) is 3.24. The Morgan fingerprint density at radius 3 is 2.00 bits per heavy atom. The average molecular weight is 266 g/mol. The summed E-state index contributed by atoms with van der Waals surface area (Å²) < 4.78 is 10.9. The van der Waals surface area contributed by atoms with Gasteiger partial charge in [-0.1, -0.05) is 43.2 Å². The summed E-state index contributed by atoms with van der Waals surface area (Å²) in [6.45, 7) is 10.5. The van der Waals surface area contributed by atoms with E-state index >= 15 is 0 Å². The molecule has 3 nitrogen and oxygen atoms in total. The molecule has 0 spiro atoms. The summed E-state index contributed by atoms with van der Waals surface area (Å²) in [6, 6.07) is 6.09. The van der Waals surface area contributed by atoms with Crippen molar-refractivity contribution in [3.63, 3.8) is 0 Å². The summed E-state index contributed by atoms with van der Waals surface area (Å²) >= 11 is 0. The van der Waals surface area contributed by atoms with Crippen LogP contribution >= 0.6 is 0 Å². The number of aliphatic hydroxyl groups is 1. The van der Waals surface area contributed by atoms with Crippen molar-refractivity contribution >= 4 is 0 Å². The highest BCUT2D eigenvalue weighted by atomic mass is 16.5. The highest BCUT2D eigenvalue weighted by Crippen LogP contribution is 2.17. The smallest absolute Gasteiger partial charge is 0.102 e. The highest BCUT2D eigenvalue weighted by molar-refractivity contribution is 5.29. The van der Waals surface area contributed by atoms with Gasteiger partial charge in [0.2, 0.25) is 0 Å². The Balaban J connectivity index is 2.25. The van der Waals surface area contributed by atoms with E-state index in [2.05, 4.69) is 19.9 Å². The lowest BCUT2D eigenvalue weighted by Crippen LogP contribution is -2.13. The maximum absolute atomic E-state index is 10.0. The van der Waals surface area contributed by atoms with Crippen LogP contribution in [-0.2, 0) is 9.47 Å². The first-order chi connectivity index (χ1) is 8.99. The highest BCUT2D eigenvalue weighted by Gasteiger charge is 2.08. The summed E-state index contributed by atoms with van der Waals surface area (Å²) in [5, 5.41) is 10.0.